The number of hydrogen-bond donors (Lipinski definition) is 1. The third kappa shape index (κ3) is 3.67. The Morgan fingerprint density at radius 1 is 1.24 bits per heavy atom. The monoisotopic (exact) mass is 241 g/mol. The van der Waals surface area contributed by atoms with Crippen LogP contribution in [-0.4, -0.2) is 31.0 Å². The molecule has 3 heteroatoms. The summed E-state index contributed by atoms with van der Waals surface area (Å²) < 4.78 is 12.0. The highest BCUT2D eigenvalue weighted by Gasteiger charge is 2.33. The molecule has 0 spiro atoms. The van der Waals surface area contributed by atoms with Crippen LogP contribution in [0.3, 0.4) is 0 Å². The van der Waals surface area contributed by atoms with Crippen molar-refractivity contribution in [3.8, 4) is 0 Å². The van der Waals surface area contributed by atoms with Gasteiger partial charge in [-0.3, -0.25) is 0 Å². The van der Waals surface area contributed by atoms with E-state index in [0.29, 0.717) is 18.1 Å². The summed E-state index contributed by atoms with van der Waals surface area (Å²) >= 11 is 0. The van der Waals surface area contributed by atoms with E-state index in [4.69, 9.17) is 15.2 Å². The normalized spacial score (nSPS) is 37.2. The van der Waals surface area contributed by atoms with E-state index < -0.39 is 0 Å². The van der Waals surface area contributed by atoms with Crippen LogP contribution in [0.25, 0.3) is 0 Å². The van der Waals surface area contributed by atoms with Gasteiger partial charge < -0.3 is 15.2 Å². The van der Waals surface area contributed by atoms with Crippen molar-refractivity contribution in [1.82, 2.24) is 0 Å². The molecule has 1 aliphatic heterocycles. The van der Waals surface area contributed by atoms with Gasteiger partial charge in [-0.25, -0.2) is 0 Å². The van der Waals surface area contributed by atoms with Crippen LogP contribution < -0.4 is 5.73 Å². The number of ether oxygens (including phenoxy) is 2. The summed E-state index contributed by atoms with van der Waals surface area (Å²) in [5, 5.41) is 0. The third-order valence-corrected chi connectivity index (χ3v) is 4.19. The lowest BCUT2D eigenvalue weighted by Crippen LogP contribution is -2.35. The van der Waals surface area contributed by atoms with Crippen LogP contribution in [0.4, 0.5) is 0 Å². The van der Waals surface area contributed by atoms with E-state index in [-0.39, 0.29) is 5.60 Å². The van der Waals surface area contributed by atoms with E-state index in [1.165, 1.54) is 25.7 Å². The van der Waals surface area contributed by atoms with Crippen LogP contribution in [0.15, 0.2) is 0 Å². The van der Waals surface area contributed by atoms with Gasteiger partial charge in [-0.1, -0.05) is 12.8 Å². The zero-order chi connectivity index (χ0) is 12.3. The molecule has 0 radical (unpaired) electrons. The maximum atomic E-state index is 6.06. The fraction of sp³-hybridized carbons (Fsp3) is 1.00. The second-order valence-corrected chi connectivity index (χ2v) is 6.19. The van der Waals surface area contributed by atoms with Crippen LogP contribution in [0.1, 0.15) is 52.4 Å². The lowest BCUT2D eigenvalue weighted by molar-refractivity contribution is -0.0870. The molecule has 2 N–H and O–H groups in total. The van der Waals surface area contributed by atoms with Crippen molar-refractivity contribution >= 4 is 0 Å². The highest BCUT2D eigenvalue weighted by molar-refractivity contribution is 4.82. The summed E-state index contributed by atoms with van der Waals surface area (Å²) in [6, 6.07) is 0. The van der Waals surface area contributed by atoms with Crippen LogP contribution >= 0.6 is 0 Å². The molecule has 0 aromatic heterocycles. The average molecular weight is 241 g/mol. The Kier molecular flexibility index (Phi) is 4.45. The highest BCUT2D eigenvalue weighted by Crippen LogP contribution is 2.31. The molecular weight excluding hydrogens is 214 g/mol. The first-order valence-electron chi connectivity index (χ1n) is 7.10. The van der Waals surface area contributed by atoms with E-state index in [0.717, 1.165) is 26.0 Å². The Morgan fingerprint density at radius 3 is 2.65 bits per heavy atom. The molecule has 0 aromatic rings. The van der Waals surface area contributed by atoms with Gasteiger partial charge in [-0.05, 0) is 52.0 Å². The van der Waals surface area contributed by atoms with Gasteiger partial charge in [0.15, 0.2) is 0 Å². The second kappa shape index (κ2) is 5.68. The first-order chi connectivity index (χ1) is 8.11. The van der Waals surface area contributed by atoms with Crippen molar-refractivity contribution in [2.75, 3.05) is 13.2 Å². The minimum atomic E-state index is 0.0495. The molecule has 0 aromatic carbocycles. The molecule has 2 fully saturated rings. The first-order valence-corrected chi connectivity index (χ1v) is 7.10. The second-order valence-electron chi connectivity index (χ2n) is 6.19. The lowest BCUT2D eigenvalue weighted by atomic mass is 9.86. The van der Waals surface area contributed by atoms with Crippen LogP contribution in [0.2, 0.25) is 0 Å². The van der Waals surface area contributed by atoms with E-state index in [1.807, 2.05) is 0 Å². The summed E-state index contributed by atoms with van der Waals surface area (Å²) in [7, 11) is 0. The van der Waals surface area contributed by atoms with Crippen molar-refractivity contribution in [2.24, 2.45) is 11.7 Å². The molecule has 0 amide bonds. The zero-order valence-electron chi connectivity index (χ0n) is 11.3. The van der Waals surface area contributed by atoms with Crippen LogP contribution in [-0.2, 0) is 9.47 Å². The largest absolute Gasteiger partial charge is 0.375 e. The Bertz CT molecular complexity index is 242. The summed E-state index contributed by atoms with van der Waals surface area (Å²) in [4.78, 5) is 0. The van der Waals surface area contributed by atoms with Gasteiger partial charge in [0.25, 0.3) is 0 Å². The van der Waals surface area contributed by atoms with Crippen molar-refractivity contribution in [2.45, 2.75) is 70.2 Å². The fourth-order valence-corrected chi connectivity index (χ4v) is 3.09. The van der Waals surface area contributed by atoms with Crippen molar-refractivity contribution < 1.29 is 9.47 Å². The van der Waals surface area contributed by atoms with Crippen LogP contribution in [0.5, 0.6) is 0 Å². The first kappa shape index (κ1) is 13.3. The molecular formula is C14H27NO2. The maximum Gasteiger partial charge on any atom is 0.0816 e. The van der Waals surface area contributed by atoms with E-state index in [2.05, 4.69) is 13.8 Å². The van der Waals surface area contributed by atoms with Crippen molar-refractivity contribution in [3.05, 3.63) is 0 Å². The Labute approximate surface area is 105 Å². The molecule has 3 atom stereocenters. The Morgan fingerprint density at radius 2 is 2.00 bits per heavy atom. The molecule has 17 heavy (non-hydrogen) atoms. The van der Waals surface area contributed by atoms with Crippen LogP contribution in [0, 0.1) is 5.92 Å². The number of nitrogens with two attached hydrogens (primary N) is 1. The van der Waals surface area contributed by atoms with Crippen molar-refractivity contribution in [1.29, 1.82) is 0 Å². The maximum absolute atomic E-state index is 6.06. The van der Waals surface area contributed by atoms with Gasteiger partial charge >= 0.3 is 0 Å². The molecule has 2 aliphatic rings. The predicted molar refractivity (Wildman–Crippen MR) is 68.9 cm³/mol. The Balaban J connectivity index is 1.74. The quantitative estimate of drug-likeness (QED) is 0.822. The van der Waals surface area contributed by atoms with Gasteiger partial charge in [-0.2, -0.15) is 0 Å². The molecule has 1 saturated carbocycles. The Hall–Kier alpha value is -0.120. The molecule has 2 rings (SSSR count). The molecule has 1 heterocycles. The number of rotatable bonds is 4. The van der Waals surface area contributed by atoms with E-state index in [1.54, 1.807) is 0 Å². The van der Waals surface area contributed by atoms with Gasteiger partial charge in [0.1, 0.15) is 0 Å². The molecule has 3 unspecified atom stereocenters. The standard InChI is InChI=1S/C14H27NO2/c1-14(2)8-7-12(17-14)10-16-13-6-4-3-5-11(13)9-15/h11-13H,3-10,15H2,1-2H3. The molecule has 1 saturated heterocycles. The summed E-state index contributed by atoms with van der Waals surface area (Å²) in [5.41, 5.74) is 5.86. The minimum absolute atomic E-state index is 0.0495. The summed E-state index contributed by atoms with van der Waals surface area (Å²) in [5.74, 6) is 0.568. The van der Waals surface area contributed by atoms with Gasteiger partial charge in [0, 0.05) is 0 Å². The molecule has 1 aliphatic carbocycles. The SMILES string of the molecule is CC1(C)CCC(COC2CCCCC2CN)O1. The van der Waals surface area contributed by atoms with Gasteiger partial charge in [-0.15, -0.1) is 0 Å². The topological polar surface area (TPSA) is 44.5 Å². The fourth-order valence-electron chi connectivity index (χ4n) is 3.09. The predicted octanol–water partition coefficient (Wildman–Crippen LogP) is 2.48. The summed E-state index contributed by atoms with van der Waals surface area (Å²) in [6.45, 7) is 5.85. The zero-order valence-corrected chi connectivity index (χ0v) is 11.3. The van der Waals surface area contributed by atoms with Gasteiger partial charge in [0.2, 0.25) is 0 Å². The number of hydrogen-bond acceptors (Lipinski definition) is 3. The van der Waals surface area contributed by atoms with Gasteiger partial charge in [0.05, 0.1) is 24.4 Å². The highest BCUT2D eigenvalue weighted by atomic mass is 16.6. The smallest absolute Gasteiger partial charge is 0.0816 e. The van der Waals surface area contributed by atoms with E-state index >= 15 is 0 Å². The molecule has 3 nitrogen and oxygen atoms in total. The molecule has 100 valence electrons. The van der Waals surface area contributed by atoms with E-state index in [9.17, 15) is 0 Å². The lowest BCUT2D eigenvalue weighted by Gasteiger charge is -2.31. The third-order valence-electron chi connectivity index (χ3n) is 4.19. The average Bonchev–Trinajstić information content (AvgIpc) is 2.67. The minimum Gasteiger partial charge on any atom is -0.375 e. The molecule has 0 bridgehead atoms. The van der Waals surface area contributed by atoms with Crippen molar-refractivity contribution in [3.63, 3.8) is 0 Å². The summed E-state index contributed by atoms with van der Waals surface area (Å²) in [6.07, 6.45) is 7.97.